The molecule has 0 bridgehead atoms. The molecule has 2 aromatic rings. The van der Waals surface area contributed by atoms with Crippen LogP contribution in [0.1, 0.15) is 49.3 Å². The minimum atomic E-state index is 0.562. The van der Waals surface area contributed by atoms with Crippen molar-refractivity contribution in [1.82, 2.24) is 0 Å². The van der Waals surface area contributed by atoms with Crippen molar-refractivity contribution in [2.24, 2.45) is 0 Å². The van der Waals surface area contributed by atoms with Crippen LogP contribution >= 0.6 is 0 Å². The summed E-state index contributed by atoms with van der Waals surface area (Å²) in [6.45, 7) is 3.40. The highest BCUT2D eigenvalue weighted by molar-refractivity contribution is 5.44. The highest BCUT2D eigenvalue weighted by Gasteiger charge is 1.95. The summed E-state index contributed by atoms with van der Waals surface area (Å²) in [5.74, 6) is 7.27. The lowest BCUT2D eigenvalue weighted by Gasteiger charge is -2.04. The number of hydrogen-bond donors (Lipinski definition) is 0. The molecule has 0 fully saturated rings. The Morgan fingerprint density at radius 3 is 2.00 bits per heavy atom. The normalized spacial score (nSPS) is 10.2. The summed E-state index contributed by atoms with van der Waals surface area (Å²) in [6.07, 6.45) is 6.38. The van der Waals surface area contributed by atoms with Gasteiger partial charge in [-0.25, -0.2) is 0 Å². The van der Waals surface area contributed by atoms with Gasteiger partial charge >= 0.3 is 0 Å². The molecule has 0 heterocycles. The van der Waals surface area contributed by atoms with E-state index >= 15 is 0 Å². The summed E-state index contributed by atoms with van der Waals surface area (Å²) in [5.41, 5.74) is 3.44. The summed E-state index contributed by atoms with van der Waals surface area (Å²) in [7, 11) is 1.67. The predicted octanol–water partition coefficient (Wildman–Crippen LogP) is 5.23. The van der Waals surface area contributed by atoms with Gasteiger partial charge in [-0.05, 0) is 54.8 Å². The van der Waals surface area contributed by atoms with Gasteiger partial charge in [0.05, 0.1) is 6.61 Å². The maximum absolute atomic E-state index is 5.55. The Hall–Kier alpha value is -2.24. The highest BCUT2D eigenvalue weighted by Crippen LogP contribution is 2.12. The van der Waals surface area contributed by atoms with Crippen LogP contribution in [0.4, 0.5) is 0 Å². The first-order valence-electron chi connectivity index (χ1n) is 9.14. The van der Waals surface area contributed by atoms with Crippen molar-refractivity contribution in [3.05, 3.63) is 65.2 Å². The van der Waals surface area contributed by atoms with Crippen LogP contribution in [-0.4, -0.2) is 20.3 Å². The van der Waals surface area contributed by atoms with Crippen LogP contribution in [0.25, 0.3) is 0 Å². The molecule has 0 unspecified atom stereocenters. The number of aryl methyl sites for hydroxylation is 1. The van der Waals surface area contributed by atoms with Gasteiger partial charge in [0.2, 0.25) is 0 Å². The van der Waals surface area contributed by atoms with E-state index in [1.807, 2.05) is 24.3 Å². The fourth-order valence-corrected chi connectivity index (χ4v) is 2.53. The second kappa shape index (κ2) is 11.3. The fourth-order valence-electron chi connectivity index (χ4n) is 2.53. The van der Waals surface area contributed by atoms with Crippen molar-refractivity contribution >= 4 is 0 Å². The summed E-state index contributed by atoms with van der Waals surface area (Å²) < 4.78 is 10.5. The monoisotopic (exact) mass is 336 g/mol. The van der Waals surface area contributed by atoms with Crippen LogP contribution in [0, 0.1) is 11.8 Å². The van der Waals surface area contributed by atoms with Gasteiger partial charge in [-0.1, -0.05) is 50.2 Å². The van der Waals surface area contributed by atoms with Crippen molar-refractivity contribution in [3.8, 4) is 17.6 Å². The van der Waals surface area contributed by atoms with E-state index in [-0.39, 0.29) is 0 Å². The number of hydrogen-bond acceptors (Lipinski definition) is 2. The Morgan fingerprint density at radius 1 is 0.760 bits per heavy atom. The van der Waals surface area contributed by atoms with Crippen molar-refractivity contribution in [3.63, 3.8) is 0 Å². The third kappa shape index (κ3) is 7.45. The molecule has 0 radical (unpaired) electrons. The largest absolute Gasteiger partial charge is 0.491 e. The SMILES string of the molecule is CCCCCCc1ccc(C#Cc2ccc(OCCOC)cc2)cc1. The number of methoxy groups -OCH3 is 1. The van der Waals surface area contributed by atoms with Crippen LogP contribution in [0.5, 0.6) is 5.75 Å². The molecule has 2 rings (SSSR count). The lowest BCUT2D eigenvalue weighted by Crippen LogP contribution is -2.03. The Kier molecular flexibility index (Phi) is 8.66. The van der Waals surface area contributed by atoms with E-state index in [1.54, 1.807) is 7.11 Å². The number of ether oxygens (including phenoxy) is 2. The Balaban J connectivity index is 1.85. The Bertz CT molecular complexity index is 660. The summed E-state index contributed by atoms with van der Waals surface area (Å²) in [6, 6.07) is 16.5. The molecule has 0 N–H and O–H groups in total. The maximum atomic E-state index is 5.55. The summed E-state index contributed by atoms with van der Waals surface area (Å²) >= 11 is 0. The molecule has 132 valence electrons. The summed E-state index contributed by atoms with van der Waals surface area (Å²) in [5, 5.41) is 0. The number of unbranched alkanes of at least 4 members (excludes halogenated alkanes) is 3. The van der Waals surface area contributed by atoms with Crippen LogP contribution in [-0.2, 0) is 11.2 Å². The van der Waals surface area contributed by atoms with E-state index in [0.717, 1.165) is 23.3 Å². The van der Waals surface area contributed by atoms with E-state index in [2.05, 4.69) is 43.0 Å². The van der Waals surface area contributed by atoms with Gasteiger partial charge in [-0.2, -0.15) is 0 Å². The van der Waals surface area contributed by atoms with Crippen molar-refractivity contribution in [1.29, 1.82) is 0 Å². The van der Waals surface area contributed by atoms with E-state index in [4.69, 9.17) is 9.47 Å². The molecule has 0 spiro atoms. The maximum Gasteiger partial charge on any atom is 0.119 e. The molecule has 2 aromatic carbocycles. The molecule has 0 saturated heterocycles. The van der Waals surface area contributed by atoms with Crippen molar-refractivity contribution < 1.29 is 9.47 Å². The molecule has 0 aliphatic heterocycles. The average Bonchev–Trinajstić information content (AvgIpc) is 2.66. The predicted molar refractivity (Wildman–Crippen MR) is 104 cm³/mol. The topological polar surface area (TPSA) is 18.5 Å². The quantitative estimate of drug-likeness (QED) is 0.461. The molecular weight excluding hydrogens is 308 g/mol. The Labute approximate surface area is 152 Å². The minimum absolute atomic E-state index is 0.562. The molecule has 0 aromatic heterocycles. The van der Waals surface area contributed by atoms with Gasteiger partial charge in [-0.15, -0.1) is 0 Å². The van der Waals surface area contributed by atoms with Gasteiger partial charge in [0.1, 0.15) is 12.4 Å². The van der Waals surface area contributed by atoms with Gasteiger partial charge in [0.25, 0.3) is 0 Å². The first-order chi connectivity index (χ1) is 12.3. The van der Waals surface area contributed by atoms with E-state index in [1.165, 1.54) is 31.2 Å². The molecule has 2 nitrogen and oxygen atoms in total. The van der Waals surface area contributed by atoms with Crippen LogP contribution in [0.15, 0.2) is 48.5 Å². The molecule has 0 aliphatic rings. The Morgan fingerprint density at radius 2 is 1.40 bits per heavy atom. The first-order valence-corrected chi connectivity index (χ1v) is 9.14. The van der Waals surface area contributed by atoms with Gasteiger partial charge < -0.3 is 9.47 Å². The van der Waals surface area contributed by atoms with E-state index < -0.39 is 0 Å². The smallest absolute Gasteiger partial charge is 0.119 e. The van der Waals surface area contributed by atoms with E-state index in [9.17, 15) is 0 Å². The number of benzene rings is 2. The zero-order valence-corrected chi connectivity index (χ0v) is 15.4. The lowest BCUT2D eigenvalue weighted by molar-refractivity contribution is 0.146. The lowest BCUT2D eigenvalue weighted by atomic mass is 10.0. The standard InChI is InChI=1S/C23H28O2/c1-3-4-5-6-7-20-8-10-21(11-9-20)12-13-22-14-16-23(17-15-22)25-19-18-24-2/h8-11,14-17H,3-7,18-19H2,1-2H3. The second-order valence-corrected chi connectivity index (χ2v) is 6.12. The zero-order chi connectivity index (χ0) is 17.7. The van der Waals surface area contributed by atoms with E-state index in [0.29, 0.717) is 13.2 Å². The third-order valence-corrected chi connectivity index (χ3v) is 4.03. The van der Waals surface area contributed by atoms with Gasteiger partial charge in [0.15, 0.2) is 0 Å². The minimum Gasteiger partial charge on any atom is -0.491 e. The fraction of sp³-hybridized carbons (Fsp3) is 0.391. The molecule has 0 atom stereocenters. The molecule has 0 aliphatic carbocycles. The molecular formula is C23H28O2. The second-order valence-electron chi connectivity index (χ2n) is 6.12. The van der Waals surface area contributed by atoms with Gasteiger partial charge in [0, 0.05) is 18.2 Å². The van der Waals surface area contributed by atoms with Gasteiger partial charge in [-0.3, -0.25) is 0 Å². The van der Waals surface area contributed by atoms with Crippen LogP contribution in [0.2, 0.25) is 0 Å². The highest BCUT2D eigenvalue weighted by atomic mass is 16.5. The molecule has 0 amide bonds. The molecule has 2 heteroatoms. The number of rotatable bonds is 9. The van der Waals surface area contributed by atoms with Crippen LogP contribution in [0.3, 0.4) is 0 Å². The third-order valence-electron chi connectivity index (χ3n) is 4.03. The molecule has 25 heavy (non-hydrogen) atoms. The average molecular weight is 336 g/mol. The van der Waals surface area contributed by atoms with Crippen LogP contribution < -0.4 is 4.74 Å². The summed E-state index contributed by atoms with van der Waals surface area (Å²) in [4.78, 5) is 0. The van der Waals surface area contributed by atoms with Crippen molar-refractivity contribution in [2.45, 2.75) is 39.0 Å². The first kappa shape index (κ1) is 19.1. The van der Waals surface area contributed by atoms with Crippen molar-refractivity contribution in [2.75, 3.05) is 20.3 Å². The molecule has 0 saturated carbocycles. The zero-order valence-electron chi connectivity index (χ0n) is 15.4.